The molecule has 1 saturated carbocycles. The Bertz CT molecular complexity index is 371. The Morgan fingerprint density at radius 3 is 2.50 bits per heavy atom. The number of rotatable bonds is 4. The van der Waals surface area contributed by atoms with Crippen molar-refractivity contribution >= 4 is 0 Å². The van der Waals surface area contributed by atoms with Crippen molar-refractivity contribution in [2.75, 3.05) is 0 Å². The fourth-order valence-electron chi connectivity index (χ4n) is 1.53. The molecule has 90 valence electrons. The summed E-state index contributed by atoms with van der Waals surface area (Å²) in [5.74, 6) is 1.03. The zero-order valence-corrected chi connectivity index (χ0v) is 9.97. The highest BCUT2D eigenvalue weighted by atomic mass is 16.4. The summed E-state index contributed by atoms with van der Waals surface area (Å²) in [5.41, 5.74) is 5.88. The maximum absolute atomic E-state index is 9.94. The summed E-state index contributed by atoms with van der Waals surface area (Å²) in [6.07, 6.45) is 1.27. The second-order valence-electron chi connectivity index (χ2n) is 5.27. The van der Waals surface area contributed by atoms with Gasteiger partial charge in [-0.3, -0.25) is 0 Å². The molecule has 0 amide bonds. The van der Waals surface area contributed by atoms with Crippen molar-refractivity contribution in [3.05, 3.63) is 11.8 Å². The monoisotopic (exact) mass is 225 g/mol. The van der Waals surface area contributed by atoms with Crippen LogP contribution in [0.3, 0.4) is 0 Å². The number of hydrogen-bond acceptors (Lipinski definition) is 5. The van der Waals surface area contributed by atoms with E-state index >= 15 is 0 Å². The standard InChI is InChI=1S/C11H19N3O2/c1-6(2)7(12)8(15)9-13-14-10(16-9)11(3)4-5-11/h6-8,15H,4-5,12H2,1-3H3/t7-,8?/m0/s1. The van der Waals surface area contributed by atoms with E-state index in [4.69, 9.17) is 10.2 Å². The molecule has 0 aromatic carbocycles. The Morgan fingerprint density at radius 2 is 2.00 bits per heavy atom. The Morgan fingerprint density at radius 1 is 1.38 bits per heavy atom. The summed E-state index contributed by atoms with van der Waals surface area (Å²) < 4.78 is 5.49. The van der Waals surface area contributed by atoms with Crippen molar-refractivity contribution in [3.8, 4) is 0 Å². The van der Waals surface area contributed by atoms with Gasteiger partial charge in [-0.05, 0) is 18.8 Å². The van der Waals surface area contributed by atoms with Gasteiger partial charge in [0.25, 0.3) is 0 Å². The van der Waals surface area contributed by atoms with Crippen molar-refractivity contribution in [1.29, 1.82) is 0 Å². The molecule has 0 aliphatic heterocycles. The van der Waals surface area contributed by atoms with Crippen LogP contribution in [0.15, 0.2) is 4.42 Å². The van der Waals surface area contributed by atoms with Crippen LogP contribution in [-0.2, 0) is 5.41 Å². The summed E-state index contributed by atoms with van der Waals surface area (Å²) in [4.78, 5) is 0. The Hall–Kier alpha value is -0.940. The lowest BCUT2D eigenvalue weighted by Crippen LogP contribution is -2.33. The molecule has 1 aromatic heterocycles. The number of aromatic nitrogens is 2. The van der Waals surface area contributed by atoms with Gasteiger partial charge in [0.2, 0.25) is 11.8 Å². The number of nitrogens with two attached hydrogens (primary N) is 1. The minimum atomic E-state index is -0.872. The Labute approximate surface area is 95.0 Å². The van der Waals surface area contributed by atoms with E-state index in [0.29, 0.717) is 5.89 Å². The van der Waals surface area contributed by atoms with Crippen molar-refractivity contribution in [2.24, 2.45) is 11.7 Å². The molecular weight excluding hydrogens is 206 g/mol. The SMILES string of the molecule is CC(C)[C@H](N)C(O)c1nnc(C2(C)CC2)o1. The molecule has 1 aliphatic rings. The van der Waals surface area contributed by atoms with Crippen LogP contribution in [0.2, 0.25) is 0 Å². The number of nitrogens with zero attached hydrogens (tertiary/aromatic N) is 2. The first-order valence-corrected chi connectivity index (χ1v) is 5.71. The van der Waals surface area contributed by atoms with E-state index in [9.17, 15) is 5.11 Å². The fraction of sp³-hybridized carbons (Fsp3) is 0.818. The molecule has 2 rings (SSSR count). The molecule has 1 fully saturated rings. The van der Waals surface area contributed by atoms with Crippen LogP contribution in [0.25, 0.3) is 0 Å². The second-order valence-corrected chi connectivity index (χ2v) is 5.27. The van der Waals surface area contributed by atoms with Crippen LogP contribution >= 0.6 is 0 Å². The van der Waals surface area contributed by atoms with Crippen molar-refractivity contribution in [2.45, 2.75) is 51.2 Å². The molecule has 16 heavy (non-hydrogen) atoms. The molecule has 1 aliphatic carbocycles. The van der Waals surface area contributed by atoms with E-state index in [0.717, 1.165) is 12.8 Å². The largest absolute Gasteiger partial charge is 0.422 e. The van der Waals surface area contributed by atoms with E-state index in [-0.39, 0.29) is 23.3 Å². The summed E-state index contributed by atoms with van der Waals surface area (Å²) in [6.45, 7) is 5.99. The van der Waals surface area contributed by atoms with Crippen molar-refractivity contribution < 1.29 is 9.52 Å². The number of aliphatic hydroxyl groups excluding tert-OH is 1. The zero-order valence-electron chi connectivity index (χ0n) is 9.97. The van der Waals surface area contributed by atoms with E-state index in [1.165, 1.54) is 0 Å². The van der Waals surface area contributed by atoms with Gasteiger partial charge in [-0.1, -0.05) is 20.8 Å². The topological polar surface area (TPSA) is 85.2 Å². The van der Waals surface area contributed by atoms with Crippen LogP contribution in [0.5, 0.6) is 0 Å². The quantitative estimate of drug-likeness (QED) is 0.802. The van der Waals surface area contributed by atoms with Crippen molar-refractivity contribution in [1.82, 2.24) is 10.2 Å². The van der Waals surface area contributed by atoms with Gasteiger partial charge in [-0.2, -0.15) is 0 Å². The third-order valence-electron chi connectivity index (χ3n) is 3.34. The third-order valence-corrected chi connectivity index (χ3v) is 3.34. The normalized spacial score (nSPS) is 22.1. The average molecular weight is 225 g/mol. The van der Waals surface area contributed by atoms with Gasteiger partial charge in [0.1, 0.15) is 6.10 Å². The number of aliphatic hydroxyl groups is 1. The molecular formula is C11H19N3O2. The predicted molar refractivity (Wildman–Crippen MR) is 58.7 cm³/mol. The van der Waals surface area contributed by atoms with E-state index in [1.54, 1.807) is 0 Å². The van der Waals surface area contributed by atoms with Crippen molar-refractivity contribution in [3.63, 3.8) is 0 Å². The lowest BCUT2D eigenvalue weighted by atomic mass is 10.00. The highest BCUT2D eigenvalue weighted by molar-refractivity contribution is 5.12. The first-order chi connectivity index (χ1) is 7.44. The van der Waals surface area contributed by atoms with E-state index < -0.39 is 6.10 Å². The minimum Gasteiger partial charge on any atom is -0.422 e. The molecule has 0 radical (unpaired) electrons. The molecule has 1 aromatic rings. The van der Waals surface area contributed by atoms with Gasteiger partial charge in [-0.25, -0.2) is 0 Å². The summed E-state index contributed by atoms with van der Waals surface area (Å²) in [5, 5.41) is 17.8. The first-order valence-electron chi connectivity index (χ1n) is 5.71. The summed E-state index contributed by atoms with van der Waals surface area (Å²) in [7, 11) is 0. The molecule has 2 atom stereocenters. The maximum Gasteiger partial charge on any atom is 0.246 e. The first kappa shape index (κ1) is 11.5. The van der Waals surface area contributed by atoms with Crippen LogP contribution in [-0.4, -0.2) is 21.3 Å². The molecule has 0 bridgehead atoms. The van der Waals surface area contributed by atoms with Gasteiger partial charge >= 0.3 is 0 Å². The Kier molecular flexibility index (Phi) is 2.75. The summed E-state index contributed by atoms with van der Waals surface area (Å²) >= 11 is 0. The van der Waals surface area contributed by atoms with Gasteiger partial charge in [0.15, 0.2) is 0 Å². The lowest BCUT2D eigenvalue weighted by Gasteiger charge is -2.18. The lowest BCUT2D eigenvalue weighted by molar-refractivity contribution is 0.0953. The van der Waals surface area contributed by atoms with Crippen LogP contribution in [0.4, 0.5) is 0 Å². The average Bonchev–Trinajstić information content (AvgIpc) is 2.83. The third kappa shape index (κ3) is 1.97. The van der Waals surface area contributed by atoms with Gasteiger partial charge in [0, 0.05) is 11.5 Å². The molecule has 5 nitrogen and oxygen atoms in total. The molecule has 3 N–H and O–H groups in total. The van der Waals surface area contributed by atoms with Gasteiger partial charge in [0.05, 0.1) is 0 Å². The molecule has 1 unspecified atom stereocenters. The van der Waals surface area contributed by atoms with E-state index in [2.05, 4.69) is 17.1 Å². The fourth-order valence-corrected chi connectivity index (χ4v) is 1.53. The van der Waals surface area contributed by atoms with Gasteiger partial charge in [-0.15, -0.1) is 10.2 Å². The summed E-state index contributed by atoms with van der Waals surface area (Å²) in [6, 6.07) is -0.375. The van der Waals surface area contributed by atoms with Crippen LogP contribution < -0.4 is 5.73 Å². The van der Waals surface area contributed by atoms with Crippen LogP contribution in [0.1, 0.15) is 51.5 Å². The maximum atomic E-state index is 9.94. The Balaban J connectivity index is 2.12. The second kappa shape index (κ2) is 3.82. The van der Waals surface area contributed by atoms with Crippen LogP contribution in [0, 0.1) is 5.92 Å². The van der Waals surface area contributed by atoms with E-state index in [1.807, 2.05) is 13.8 Å². The number of hydrogen-bond donors (Lipinski definition) is 2. The smallest absolute Gasteiger partial charge is 0.246 e. The molecule has 1 heterocycles. The molecule has 5 heteroatoms. The highest BCUT2D eigenvalue weighted by Crippen LogP contribution is 2.47. The highest BCUT2D eigenvalue weighted by Gasteiger charge is 2.44. The zero-order chi connectivity index (χ0) is 11.9. The van der Waals surface area contributed by atoms with Gasteiger partial charge < -0.3 is 15.3 Å². The minimum absolute atomic E-state index is 0.0346. The molecule has 0 spiro atoms. The predicted octanol–water partition coefficient (Wildman–Crippen LogP) is 1.14. The molecule has 0 saturated heterocycles.